The number of nitrogens with one attached hydrogen (secondary N) is 3. The molecule has 4 aromatic heterocycles. The zero-order valence-electron chi connectivity index (χ0n) is 37.0. The minimum atomic E-state index is -3.97. The highest BCUT2D eigenvalue weighted by Gasteiger charge is 2.33. The van der Waals surface area contributed by atoms with Crippen LogP contribution in [0.25, 0.3) is 21.8 Å². The number of amides is 3. The zero-order valence-corrected chi connectivity index (χ0v) is 38.7. The number of rotatable bonds is 12. The number of halogens is 1. The Bertz CT molecular complexity index is 2660. The van der Waals surface area contributed by atoms with Gasteiger partial charge in [0.2, 0.25) is 23.7 Å². The molecular weight excluding hydrogens is 872 g/mol. The molecule has 0 saturated carbocycles. The van der Waals surface area contributed by atoms with Crippen molar-refractivity contribution in [3.8, 4) is 21.8 Å². The second-order valence-corrected chi connectivity index (χ2v) is 20.2. The summed E-state index contributed by atoms with van der Waals surface area (Å²) in [6, 6.07) is 13.9. The SMILES string of the molecule is CCN(C)S(=O)(=O)Nc1cccc(-c2nc(C(C)(C)C)sc2-c2ccnc(Nc3ccc(N4CCN(C(=O)C5CCN(c6ccc([C@H]7CCC(=O)NC7=O)cn6)CC5)CC4)cn3)n2)c1F. The van der Waals surface area contributed by atoms with Crippen molar-refractivity contribution in [2.45, 2.75) is 64.7 Å². The van der Waals surface area contributed by atoms with Gasteiger partial charge in [0.25, 0.3) is 0 Å². The van der Waals surface area contributed by atoms with Gasteiger partial charge in [0.1, 0.15) is 11.6 Å². The van der Waals surface area contributed by atoms with Crippen LogP contribution in [-0.2, 0) is 30.0 Å². The summed E-state index contributed by atoms with van der Waals surface area (Å²) in [6.07, 6.45) is 7.39. The summed E-state index contributed by atoms with van der Waals surface area (Å²) in [5, 5.41) is 6.34. The van der Waals surface area contributed by atoms with Crippen molar-refractivity contribution in [3.05, 3.63) is 83.5 Å². The minimum absolute atomic E-state index is 0.0508. The summed E-state index contributed by atoms with van der Waals surface area (Å²) in [5.74, 6) is 0.125. The quantitative estimate of drug-likeness (QED) is 0.125. The predicted molar refractivity (Wildman–Crippen MR) is 249 cm³/mol. The van der Waals surface area contributed by atoms with Crippen LogP contribution in [0, 0.1) is 11.7 Å². The van der Waals surface area contributed by atoms with Crippen LogP contribution in [0.5, 0.6) is 0 Å². The molecule has 0 spiro atoms. The second-order valence-electron chi connectivity index (χ2n) is 17.5. The van der Waals surface area contributed by atoms with Crippen LogP contribution in [-0.4, -0.2) is 113 Å². The fourth-order valence-electron chi connectivity index (χ4n) is 8.09. The molecule has 0 unspecified atom stereocenters. The highest BCUT2D eigenvalue weighted by molar-refractivity contribution is 7.90. The smallest absolute Gasteiger partial charge is 0.301 e. The van der Waals surface area contributed by atoms with E-state index in [0.717, 1.165) is 39.2 Å². The molecule has 8 rings (SSSR count). The van der Waals surface area contributed by atoms with E-state index < -0.39 is 16.0 Å². The third-order valence-corrected chi connectivity index (χ3v) is 15.1. The number of piperazine rings is 1. The van der Waals surface area contributed by atoms with Gasteiger partial charge in [0.15, 0.2) is 5.82 Å². The molecule has 65 heavy (non-hydrogen) atoms. The summed E-state index contributed by atoms with van der Waals surface area (Å²) in [6.45, 7) is 12.0. The highest BCUT2D eigenvalue weighted by atomic mass is 32.2. The Morgan fingerprint density at radius 1 is 0.923 bits per heavy atom. The van der Waals surface area contributed by atoms with E-state index in [9.17, 15) is 22.8 Å². The predicted octanol–water partition coefficient (Wildman–Crippen LogP) is 5.93. The zero-order chi connectivity index (χ0) is 46.0. The van der Waals surface area contributed by atoms with Crippen molar-refractivity contribution in [2.75, 3.05) is 72.7 Å². The third-order valence-electron chi connectivity index (χ3n) is 12.0. The molecule has 7 heterocycles. The number of anilines is 5. The summed E-state index contributed by atoms with van der Waals surface area (Å²) < 4.78 is 45.2. The molecule has 3 fully saturated rings. The van der Waals surface area contributed by atoms with Gasteiger partial charge < -0.3 is 20.0 Å². The van der Waals surface area contributed by atoms with Crippen LogP contribution in [0.2, 0.25) is 0 Å². The van der Waals surface area contributed by atoms with Gasteiger partial charge >= 0.3 is 10.2 Å². The number of thiazole rings is 1. The molecule has 342 valence electrons. The molecule has 0 bridgehead atoms. The van der Waals surface area contributed by atoms with E-state index in [1.165, 1.54) is 24.5 Å². The Morgan fingerprint density at radius 2 is 1.69 bits per heavy atom. The van der Waals surface area contributed by atoms with E-state index in [0.29, 0.717) is 74.2 Å². The summed E-state index contributed by atoms with van der Waals surface area (Å²) >= 11 is 1.39. The highest BCUT2D eigenvalue weighted by Crippen LogP contribution is 2.42. The summed E-state index contributed by atoms with van der Waals surface area (Å²) in [4.78, 5) is 67.8. The lowest BCUT2D eigenvalue weighted by Gasteiger charge is -2.39. The van der Waals surface area contributed by atoms with Crippen molar-refractivity contribution in [1.29, 1.82) is 0 Å². The monoisotopic (exact) mass is 924 g/mol. The van der Waals surface area contributed by atoms with Crippen LogP contribution >= 0.6 is 11.3 Å². The largest absolute Gasteiger partial charge is 0.367 e. The van der Waals surface area contributed by atoms with Crippen molar-refractivity contribution in [2.24, 2.45) is 5.92 Å². The fraction of sp³-hybridized carbons (Fsp3) is 0.422. The maximum absolute atomic E-state index is 16.2. The van der Waals surface area contributed by atoms with Crippen LogP contribution < -0.4 is 25.2 Å². The van der Waals surface area contributed by atoms with E-state index in [1.807, 2.05) is 49.9 Å². The number of piperidine rings is 2. The lowest BCUT2D eigenvalue weighted by atomic mass is 9.91. The Labute approximate surface area is 382 Å². The number of aromatic nitrogens is 5. The van der Waals surface area contributed by atoms with Gasteiger partial charge in [-0.15, -0.1) is 11.3 Å². The standard InChI is InChI=1S/C45H53FN12O5S2/c1-6-55(5)65(62,63)54-33-9-7-8-32(38(33)46)39-40(64-43(53-39)45(2,3)4)34-16-19-47-44(50-34)51-35-13-11-30(27-48-35)56-22-24-58(25-23-56)42(61)28-17-20-57(21-18-28)36-14-10-29(26-49-36)31-12-15-37(59)52-41(31)60/h7-11,13-14,16,19,26-28,31,54H,6,12,15,17-18,20-25H2,1-5H3,(H,52,59,60)(H,47,48,50,51)/t31-/m1/s1. The number of nitrogens with zero attached hydrogens (tertiary/aromatic N) is 9. The molecule has 1 aromatic carbocycles. The molecule has 17 nitrogen and oxygen atoms in total. The first-order chi connectivity index (χ1) is 31.1. The van der Waals surface area contributed by atoms with Crippen molar-refractivity contribution < 1.29 is 27.2 Å². The van der Waals surface area contributed by atoms with Crippen LogP contribution in [0.4, 0.5) is 33.3 Å². The Hall–Kier alpha value is -6.12. The van der Waals surface area contributed by atoms with Crippen molar-refractivity contribution >= 4 is 68.2 Å². The molecule has 20 heteroatoms. The van der Waals surface area contributed by atoms with E-state index >= 15 is 4.39 Å². The van der Waals surface area contributed by atoms with Crippen molar-refractivity contribution in [1.82, 2.24) is 39.4 Å². The van der Waals surface area contributed by atoms with Crippen molar-refractivity contribution in [3.63, 3.8) is 0 Å². The Kier molecular flexibility index (Phi) is 13.1. The van der Waals surface area contributed by atoms with Gasteiger partial charge in [0.05, 0.1) is 44.8 Å². The molecule has 3 aliphatic rings. The van der Waals surface area contributed by atoms with E-state index in [1.54, 1.807) is 43.7 Å². The number of carbonyl (C=O) groups is 3. The molecule has 3 N–H and O–H groups in total. The molecule has 3 saturated heterocycles. The average molecular weight is 925 g/mol. The normalized spacial score (nSPS) is 17.6. The summed E-state index contributed by atoms with van der Waals surface area (Å²) in [5.41, 5.74) is 2.16. The molecule has 1 atom stereocenters. The Morgan fingerprint density at radius 3 is 2.35 bits per heavy atom. The molecule has 0 aliphatic carbocycles. The average Bonchev–Trinajstić information content (AvgIpc) is 3.76. The number of carbonyl (C=O) groups excluding carboxylic acids is 3. The topological polar surface area (TPSA) is 199 Å². The van der Waals surface area contributed by atoms with Gasteiger partial charge in [-0.2, -0.15) is 12.7 Å². The van der Waals surface area contributed by atoms with Gasteiger partial charge in [-0.05, 0) is 61.2 Å². The number of hydrogen-bond acceptors (Lipinski definition) is 14. The third kappa shape index (κ3) is 10.1. The number of imide groups is 1. The summed E-state index contributed by atoms with van der Waals surface area (Å²) in [7, 11) is -2.56. The molecule has 3 aliphatic heterocycles. The van der Waals surface area contributed by atoms with E-state index in [2.05, 4.69) is 40.1 Å². The van der Waals surface area contributed by atoms with Gasteiger partial charge in [0, 0.05) is 88.6 Å². The Balaban J connectivity index is 0.869. The van der Waals surface area contributed by atoms with Crippen LogP contribution in [0.1, 0.15) is 69.9 Å². The lowest BCUT2D eigenvalue weighted by Crippen LogP contribution is -2.51. The first kappa shape index (κ1) is 45.4. The number of pyridine rings is 2. The number of hydrogen-bond donors (Lipinski definition) is 3. The lowest BCUT2D eigenvalue weighted by molar-refractivity contribution is -0.136. The fourth-order valence-corrected chi connectivity index (χ4v) is 10.1. The molecule has 3 amide bonds. The van der Waals surface area contributed by atoms with Crippen LogP contribution in [0.15, 0.2) is 67.1 Å². The maximum atomic E-state index is 16.2. The van der Waals surface area contributed by atoms with E-state index in [4.69, 9.17) is 9.97 Å². The minimum Gasteiger partial charge on any atom is -0.367 e. The first-order valence-electron chi connectivity index (χ1n) is 21.8. The second kappa shape index (κ2) is 18.8. The van der Waals surface area contributed by atoms with E-state index in [-0.39, 0.29) is 58.7 Å². The molecule has 0 radical (unpaired) electrons. The molecular formula is C45H53FN12O5S2. The molecule has 5 aromatic rings. The van der Waals surface area contributed by atoms with Gasteiger partial charge in [-0.1, -0.05) is 39.8 Å². The maximum Gasteiger partial charge on any atom is 0.301 e. The van der Waals surface area contributed by atoms with Gasteiger partial charge in [-0.25, -0.2) is 29.3 Å². The van der Waals surface area contributed by atoms with Crippen LogP contribution in [0.3, 0.4) is 0 Å². The number of benzene rings is 1. The first-order valence-corrected chi connectivity index (χ1v) is 24.0. The van der Waals surface area contributed by atoms with Gasteiger partial charge in [-0.3, -0.25) is 24.4 Å².